The minimum Gasteiger partial charge on any atom is -0.329 e. The minimum atomic E-state index is 0.469. The molecule has 0 unspecified atom stereocenters. The Morgan fingerprint density at radius 2 is 2.38 bits per heavy atom. The van der Waals surface area contributed by atoms with E-state index in [-0.39, 0.29) is 0 Å². The maximum absolute atomic E-state index is 4.13. The van der Waals surface area contributed by atoms with E-state index in [1.54, 1.807) is 0 Å². The molecule has 0 amide bonds. The molecular weight excluding hydrogens is 228 g/mol. The Hall–Kier alpha value is -0.570. The molecule has 1 rings (SSSR count). The molecule has 0 fully saturated rings. The van der Waals surface area contributed by atoms with Crippen molar-refractivity contribution in [2.75, 3.05) is 5.33 Å². The molecule has 1 aromatic heterocycles. The highest BCUT2D eigenvalue weighted by atomic mass is 79.9. The zero-order valence-electron chi connectivity index (χ0n) is 8.29. The van der Waals surface area contributed by atoms with E-state index >= 15 is 0 Å². The first-order chi connectivity index (χ1) is 6.15. The highest BCUT2D eigenvalue weighted by Crippen LogP contribution is 2.13. The van der Waals surface area contributed by atoms with Crippen molar-refractivity contribution < 1.29 is 0 Å². The van der Waals surface area contributed by atoms with Gasteiger partial charge in [-0.25, -0.2) is 4.98 Å². The van der Waals surface area contributed by atoms with Crippen LogP contribution in [-0.2, 0) is 0 Å². The number of allylic oxidation sites excluding steroid dienone is 1. The van der Waals surface area contributed by atoms with Crippen LogP contribution in [0.15, 0.2) is 18.1 Å². The Balaban J connectivity index is 2.94. The van der Waals surface area contributed by atoms with Crippen LogP contribution in [0.2, 0.25) is 0 Å². The molecule has 0 aromatic carbocycles. The first kappa shape index (κ1) is 10.5. The highest BCUT2D eigenvalue weighted by Gasteiger charge is 2.02. The summed E-state index contributed by atoms with van der Waals surface area (Å²) in [4.78, 5) is 4.13. The van der Waals surface area contributed by atoms with Crippen LogP contribution in [0.25, 0.3) is 6.08 Å². The zero-order valence-corrected chi connectivity index (χ0v) is 9.87. The van der Waals surface area contributed by atoms with Crippen LogP contribution in [0.3, 0.4) is 0 Å². The Morgan fingerprint density at radius 1 is 1.69 bits per heavy atom. The SMILES string of the molecule is CC(=Cc1cncn1C(C)C)CBr. The van der Waals surface area contributed by atoms with Gasteiger partial charge in [0.15, 0.2) is 0 Å². The third-order valence-electron chi connectivity index (χ3n) is 1.86. The third-order valence-corrected chi connectivity index (χ3v) is 2.74. The molecule has 2 nitrogen and oxygen atoms in total. The molecule has 3 heteroatoms. The van der Waals surface area contributed by atoms with E-state index in [1.165, 1.54) is 11.3 Å². The molecule has 0 aliphatic carbocycles. The highest BCUT2D eigenvalue weighted by molar-refractivity contribution is 9.09. The van der Waals surface area contributed by atoms with Crippen molar-refractivity contribution in [2.45, 2.75) is 26.8 Å². The summed E-state index contributed by atoms with van der Waals surface area (Å²) in [6.07, 6.45) is 5.92. The van der Waals surface area contributed by atoms with Crippen molar-refractivity contribution in [3.8, 4) is 0 Å². The summed E-state index contributed by atoms with van der Waals surface area (Å²) in [5.74, 6) is 0. The minimum absolute atomic E-state index is 0.469. The van der Waals surface area contributed by atoms with Gasteiger partial charge in [-0.3, -0.25) is 0 Å². The summed E-state index contributed by atoms with van der Waals surface area (Å²) in [6.45, 7) is 6.41. The van der Waals surface area contributed by atoms with E-state index in [0.29, 0.717) is 6.04 Å². The molecule has 72 valence electrons. The maximum atomic E-state index is 4.13. The van der Waals surface area contributed by atoms with E-state index < -0.39 is 0 Å². The Kier molecular flexibility index (Phi) is 3.72. The lowest BCUT2D eigenvalue weighted by molar-refractivity contribution is 0.595. The van der Waals surface area contributed by atoms with Crippen LogP contribution >= 0.6 is 15.9 Å². The molecule has 0 N–H and O–H groups in total. The van der Waals surface area contributed by atoms with E-state index in [2.05, 4.69) is 52.3 Å². The topological polar surface area (TPSA) is 17.8 Å². The van der Waals surface area contributed by atoms with Gasteiger partial charge in [0, 0.05) is 11.4 Å². The Morgan fingerprint density at radius 3 is 2.92 bits per heavy atom. The predicted octanol–water partition coefficient (Wildman–Crippen LogP) is 3.26. The van der Waals surface area contributed by atoms with Gasteiger partial charge in [-0.1, -0.05) is 21.5 Å². The molecule has 0 spiro atoms. The molecular formula is C10H15BrN2. The van der Waals surface area contributed by atoms with Gasteiger partial charge in [-0.15, -0.1) is 0 Å². The van der Waals surface area contributed by atoms with Crippen molar-refractivity contribution in [1.82, 2.24) is 9.55 Å². The molecule has 0 aliphatic heterocycles. The molecule has 0 saturated carbocycles. The van der Waals surface area contributed by atoms with Gasteiger partial charge < -0.3 is 4.57 Å². The number of hydrogen-bond donors (Lipinski definition) is 0. The third kappa shape index (κ3) is 2.69. The van der Waals surface area contributed by atoms with Gasteiger partial charge in [0.2, 0.25) is 0 Å². The quantitative estimate of drug-likeness (QED) is 0.745. The largest absolute Gasteiger partial charge is 0.329 e. The predicted molar refractivity (Wildman–Crippen MR) is 60.1 cm³/mol. The summed E-state index contributed by atoms with van der Waals surface area (Å²) < 4.78 is 2.16. The lowest BCUT2D eigenvalue weighted by Gasteiger charge is -2.09. The molecule has 0 radical (unpaired) electrons. The smallest absolute Gasteiger partial charge is 0.0953 e. The van der Waals surface area contributed by atoms with Crippen molar-refractivity contribution in [3.63, 3.8) is 0 Å². The summed E-state index contributed by atoms with van der Waals surface area (Å²) >= 11 is 3.42. The number of imidazole rings is 1. The molecule has 0 saturated heterocycles. The number of alkyl halides is 1. The van der Waals surface area contributed by atoms with Crippen molar-refractivity contribution in [3.05, 3.63) is 23.8 Å². The van der Waals surface area contributed by atoms with E-state index in [0.717, 1.165) is 5.33 Å². The fourth-order valence-corrected chi connectivity index (χ4v) is 1.31. The van der Waals surface area contributed by atoms with Crippen LogP contribution in [0.5, 0.6) is 0 Å². The number of hydrogen-bond acceptors (Lipinski definition) is 1. The fourth-order valence-electron chi connectivity index (χ4n) is 1.15. The molecule has 1 heterocycles. The van der Waals surface area contributed by atoms with Crippen molar-refractivity contribution in [1.29, 1.82) is 0 Å². The van der Waals surface area contributed by atoms with Gasteiger partial charge in [0.1, 0.15) is 0 Å². The molecule has 1 aromatic rings. The second kappa shape index (κ2) is 4.61. The fraction of sp³-hybridized carbons (Fsp3) is 0.500. The van der Waals surface area contributed by atoms with Gasteiger partial charge in [0.05, 0.1) is 18.2 Å². The average Bonchev–Trinajstić information content (AvgIpc) is 2.52. The standard InChI is InChI=1S/C10H15BrN2/c1-8(2)13-7-12-6-10(13)4-9(3)5-11/h4,6-8H,5H2,1-3H3. The lowest BCUT2D eigenvalue weighted by Crippen LogP contribution is -2.00. The summed E-state index contributed by atoms with van der Waals surface area (Å²) in [7, 11) is 0. The van der Waals surface area contributed by atoms with Gasteiger partial charge in [0.25, 0.3) is 0 Å². The first-order valence-electron chi connectivity index (χ1n) is 4.40. The Labute approximate surface area is 87.8 Å². The lowest BCUT2D eigenvalue weighted by atomic mass is 10.2. The van der Waals surface area contributed by atoms with Gasteiger partial charge >= 0.3 is 0 Å². The summed E-state index contributed by atoms with van der Waals surface area (Å²) in [6, 6.07) is 0.469. The first-order valence-corrected chi connectivity index (χ1v) is 5.52. The van der Waals surface area contributed by atoms with E-state index in [1.807, 2.05) is 12.5 Å². The molecule has 0 atom stereocenters. The van der Waals surface area contributed by atoms with Crippen LogP contribution in [0.1, 0.15) is 32.5 Å². The van der Waals surface area contributed by atoms with Crippen LogP contribution in [-0.4, -0.2) is 14.9 Å². The molecule has 0 bridgehead atoms. The number of rotatable bonds is 3. The summed E-state index contributed by atoms with van der Waals surface area (Å²) in [5, 5.41) is 0.913. The van der Waals surface area contributed by atoms with Crippen LogP contribution in [0, 0.1) is 0 Å². The van der Waals surface area contributed by atoms with Crippen molar-refractivity contribution in [2.24, 2.45) is 0 Å². The Bertz CT molecular complexity index is 300. The maximum Gasteiger partial charge on any atom is 0.0953 e. The number of halogens is 1. The van der Waals surface area contributed by atoms with Crippen LogP contribution < -0.4 is 0 Å². The van der Waals surface area contributed by atoms with Crippen molar-refractivity contribution >= 4 is 22.0 Å². The second-order valence-electron chi connectivity index (χ2n) is 3.44. The van der Waals surface area contributed by atoms with Crippen LogP contribution in [0.4, 0.5) is 0 Å². The monoisotopic (exact) mass is 242 g/mol. The van der Waals surface area contributed by atoms with Gasteiger partial charge in [-0.05, 0) is 26.8 Å². The number of aromatic nitrogens is 2. The molecule has 13 heavy (non-hydrogen) atoms. The van der Waals surface area contributed by atoms with Gasteiger partial charge in [-0.2, -0.15) is 0 Å². The average molecular weight is 243 g/mol. The normalized spacial score (nSPS) is 12.5. The zero-order chi connectivity index (χ0) is 9.84. The molecule has 0 aliphatic rings. The van der Waals surface area contributed by atoms with E-state index in [9.17, 15) is 0 Å². The number of nitrogens with zero attached hydrogens (tertiary/aromatic N) is 2. The van der Waals surface area contributed by atoms with E-state index in [4.69, 9.17) is 0 Å². The summed E-state index contributed by atoms with van der Waals surface area (Å²) in [5.41, 5.74) is 2.48. The second-order valence-corrected chi connectivity index (χ2v) is 4.00.